The molecule has 2 N–H and O–H groups in total. The SMILES string of the molecule is CCNc1ccc(Cl)c(C(=O)Nc2cc(C)ccc2F)n1. The fourth-order valence-electron chi connectivity index (χ4n) is 1.80. The first-order valence-electron chi connectivity index (χ1n) is 6.49. The largest absolute Gasteiger partial charge is 0.370 e. The van der Waals surface area contributed by atoms with Crippen LogP contribution < -0.4 is 10.6 Å². The monoisotopic (exact) mass is 307 g/mol. The molecular weight excluding hydrogens is 293 g/mol. The number of pyridine rings is 1. The van der Waals surface area contributed by atoms with Crippen LogP contribution >= 0.6 is 11.6 Å². The van der Waals surface area contributed by atoms with Crippen molar-refractivity contribution in [2.24, 2.45) is 0 Å². The van der Waals surface area contributed by atoms with Gasteiger partial charge in [-0.05, 0) is 43.7 Å². The minimum absolute atomic E-state index is 0.0519. The third-order valence-electron chi connectivity index (χ3n) is 2.79. The van der Waals surface area contributed by atoms with Crippen LogP contribution in [-0.2, 0) is 0 Å². The summed E-state index contributed by atoms with van der Waals surface area (Å²) >= 11 is 5.98. The Kier molecular flexibility index (Phi) is 4.75. The van der Waals surface area contributed by atoms with Crippen molar-refractivity contribution in [2.45, 2.75) is 13.8 Å². The van der Waals surface area contributed by atoms with Crippen molar-refractivity contribution in [3.8, 4) is 0 Å². The van der Waals surface area contributed by atoms with Gasteiger partial charge in [0.1, 0.15) is 17.3 Å². The number of carbonyl (C=O) groups excluding carboxylic acids is 1. The Morgan fingerprint density at radius 2 is 2.10 bits per heavy atom. The molecule has 1 amide bonds. The number of amides is 1. The van der Waals surface area contributed by atoms with Crippen molar-refractivity contribution in [2.75, 3.05) is 17.2 Å². The Labute approximate surface area is 127 Å². The number of aromatic nitrogens is 1. The van der Waals surface area contributed by atoms with Crippen LogP contribution in [0.2, 0.25) is 5.02 Å². The summed E-state index contributed by atoms with van der Waals surface area (Å²) < 4.78 is 13.7. The molecule has 1 aromatic heterocycles. The molecule has 0 spiro atoms. The first-order chi connectivity index (χ1) is 10.0. The summed E-state index contributed by atoms with van der Waals surface area (Å²) in [6, 6.07) is 7.73. The van der Waals surface area contributed by atoms with Crippen molar-refractivity contribution in [3.63, 3.8) is 0 Å². The number of hydrogen-bond donors (Lipinski definition) is 2. The summed E-state index contributed by atoms with van der Waals surface area (Å²) in [6.07, 6.45) is 0. The van der Waals surface area contributed by atoms with E-state index in [1.165, 1.54) is 6.07 Å². The molecule has 0 unspecified atom stereocenters. The number of nitrogens with one attached hydrogen (secondary N) is 2. The highest BCUT2D eigenvalue weighted by Gasteiger charge is 2.15. The highest BCUT2D eigenvalue weighted by atomic mass is 35.5. The van der Waals surface area contributed by atoms with Crippen LogP contribution in [0.15, 0.2) is 30.3 Å². The van der Waals surface area contributed by atoms with Crippen molar-refractivity contribution in [1.29, 1.82) is 0 Å². The number of nitrogens with zero attached hydrogens (tertiary/aromatic N) is 1. The van der Waals surface area contributed by atoms with E-state index < -0.39 is 11.7 Å². The van der Waals surface area contributed by atoms with Gasteiger partial charge in [0.15, 0.2) is 0 Å². The topological polar surface area (TPSA) is 54.0 Å². The van der Waals surface area contributed by atoms with Crippen molar-refractivity contribution >= 4 is 29.0 Å². The molecule has 2 rings (SSSR count). The summed E-state index contributed by atoms with van der Waals surface area (Å²) in [5.41, 5.74) is 0.995. The Bertz CT molecular complexity index is 676. The van der Waals surface area contributed by atoms with E-state index in [2.05, 4.69) is 15.6 Å². The lowest BCUT2D eigenvalue weighted by Gasteiger charge is -2.09. The minimum Gasteiger partial charge on any atom is -0.370 e. The standard InChI is InChI=1S/C15H15ClFN3O/c1-3-18-13-7-5-10(16)14(20-13)15(21)19-12-8-9(2)4-6-11(12)17/h4-8H,3H2,1-2H3,(H,18,20)(H,19,21). The van der Waals surface area contributed by atoms with Gasteiger partial charge in [0.05, 0.1) is 10.7 Å². The van der Waals surface area contributed by atoms with Crippen LogP contribution in [0.5, 0.6) is 0 Å². The lowest BCUT2D eigenvalue weighted by Crippen LogP contribution is -2.16. The lowest BCUT2D eigenvalue weighted by molar-refractivity contribution is 0.102. The van der Waals surface area contributed by atoms with E-state index in [0.717, 1.165) is 5.56 Å². The number of anilines is 2. The average Bonchev–Trinajstić information content (AvgIpc) is 2.45. The molecule has 0 aliphatic rings. The average molecular weight is 308 g/mol. The summed E-state index contributed by atoms with van der Waals surface area (Å²) in [4.78, 5) is 16.3. The Morgan fingerprint density at radius 1 is 1.33 bits per heavy atom. The van der Waals surface area contributed by atoms with Gasteiger partial charge >= 0.3 is 0 Å². The smallest absolute Gasteiger partial charge is 0.275 e. The second kappa shape index (κ2) is 6.54. The first kappa shape index (κ1) is 15.3. The second-order valence-electron chi connectivity index (χ2n) is 4.49. The number of carbonyl (C=O) groups is 1. The zero-order chi connectivity index (χ0) is 15.4. The van der Waals surface area contributed by atoms with Gasteiger partial charge in [0.25, 0.3) is 5.91 Å². The molecular formula is C15H15ClFN3O. The maximum atomic E-state index is 13.7. The van der Waals surface area contributed by atoms with E-state index >= 15 is 0 Å². The molecule has 0 atom stereocenters. The number of rotatable bonds is 4. The summed E-state index contributed by atoms with van der Waals surface area (Å²) in [6.45, 7) is 4.40. The molecule has 1 aromatic carbocycles. The summed E-state index contributed by atoms with van der Waals surface area (Å²) in [5.74, 6) is -0.520. The van der Waals surface area contributed by atoms with E-state index in [9.17, 15) is 9.18 Å². The molecule has 6 heteroatoms. The van der Waals surface area contributed by atoms with Crippen LogP contribution in [-0.4, -0.2) is 17.4 Å². The molecule has 4 nitrogen and oxygen atoms in total. The molecule has 0 radical (unpaired) electrons. The molecule has 0 saturated heterocycles. The Hall–Kier alpha value is -2.14. The number of halogens is 2. The van der Waals surface area contributed by atoms with Crippen LogP contribution in [0, 0.1) is 12.7 Å². The molecule has 0 aliphatic carbocycles. The summed E-state index contributed by atoms with van der Waals surface area (Å²) in [5, 5.41) is 5.69. The van der Waals surface area contributed by atoms with E-state index in [-0.39, 0.29) is 16.4 Å². The molecule has 0 bridgehead atoms. The Balaban J connectivity index is 2.27. The quantitative estimate of drug-likeness (QED) is 0.901. The van der Waals surface area contributed by atoms with Gasteiger partial charge < -0.3 is 10.6 Å². The predicted octanol–water partition coefficient (Wildman–Crippen LogP) is 3.87. The number of benzene rings is 1. The van der Waals surface area contributed by atoms with Crippen LogP contribution in [0.25, 0.3) is 0 Å². The van der Waals surface area contributed by atoms with E-state index in [1.807, 2.05) is 13.8 Å². The summed E-state index contributed by atoms with van der Waals surface area (Å²) in [7, 11) is 0. The van der Waals surface area contributed by atoms with E-state index in [0.29, 0.717) is 12.4 Å². The van der Waals surface area contributed by atoms with Gasteiger partial charge in [0, 0.05) is 6.54 Å². The van der Waals surface area contributed by atoms with Crippen molar-refractivity contribution in [3.05, 3.63) is 52.4 Å². The van der Waals surface area contributed by atoms with Gasteiger partial charge in [-0.1, -0.05) is 17.7 Å². The highest BCUT2D eigenvalue weighted by Crippen LogP contribution is 2.20. The number of aryl methyl sites for hydroxylation is 1. The van der Waals surface area contributed by atoms with Gasteiger partial charge in [-0.25, -0.2) is 9.37 Å². The number of hydrogen-bond acceptors (Lipinski definition) is 3. The maximum Gasteiger partial charge on any atom is 0.275 e. The normalized spacial score (nSPS) is 10.3. The molecule has 0 aliphatic heterocycles. The highest BCUT2D eigenvalue weighted by molar-refractivity contribution is 6.34. The molecule has 0 saturated carbocycles. The van der Waals surface area contributed by atoms with Crippen LogP contribution in [0.1, 0.15) is 23.0 Å². The first-order valence-corrected chi connectivity index (χ1v) is 6.87. The second-order valence-corrected chi connectivity index (χ2v) is 4.90. The predicted molar refractivity (Wildman–Crippen MR) is 82.5 cm³/mol. The molecule has 21 heavy (non-hydrogen) atoms. The fourth-order valence-corrected chi connectivity index (χ4v) is 1.99. The van der Waals surface area contributed by atoms with Gasteiger partial charge in [-0.2, -0.15) is 0 Å². The molecule has 110 valence electrons. The fraction of sp³-hybridized carbons (Fsp3) is 0.200. The maximum absolute atomic E-state index is 13.7. The zero-order valence-corrected chi connectivity index (χ0v) is 12.5. The Morgan fingerprint density at radius 3 is 2.81 bits per heavy atom. The third kappa shape index (κ3) is 3.70. The van der Waals surface area contributed by atoms with Gasteiger partial charge in [0.2, 0.25) is 0 Å². The third-order valence-corrected chi connectivity index (χ3v) is 3.09. The lowest BCUT2D eigenvalue weighted by atomic mass is 10.2. The minimum atomic E-state index is -0.552. The van der Waals surface area contributed by atoms with E-state index in [4.69, 9.17) is 11.6 Å². The zero-order valence-electron chi connectivity index (χ0n) is 11.7. The van der Waals surface area contributed by atoms with Crippen LogP contribution in [0.4, 0.5) is 15.9 Å². The van der Waals surface area contributed by atoms with Crippen LogP contribution in [0.3, 0.4) is 0 Å². The van der Waals surface area contributed by atoms with Crippen molar-refractivity contribution in [1.82, 2.24) is 4.98 Å². The van der Waals surface area contributed by atoms with Crippen molar-refractivity contribution < 1.29 is 9.18 Å². The van der Waals surface area contributed by atoms with Gasteiger partial charge in [-0.3, -0.25) is 4.79 Å². The molecule has 0 fully saturated rings. The van der Waals surface area contributed by atoms with Gasteiger partial charge in [-0.15, -0.1) is 0 Å². The molecule has 2 aromatic rings. The molecule has 1 heterocycles. The van der Waals surface area contributed by atoms with E-state index in [1.54, 1.807) is 24.3 Å².